The minimum Gasteiger partial charge on any atom is -0.328 e. The molecule has 2 atom stereocenters. The Kier molecular flexibility index (Phi) is 4.72. The smallest absolute Gasteiger partial charge is 0.238 e. The third-order valence-electron chi connectivity index (χ3n) is 3.70. The number of nitrogens with two attached hydrogens (primary N) is 1. The standard InChI is InChI=1S/C15H20N4O/c1-11(17)13-5-6-19(9-13)10-15(20)18-14-4-2-3-12(7-14)8-16/h2-4,7,11,13H,5-6,9-10,17H2,1H3,(H,18,20). The molecule has 1 aliphatic rings. The number of nitrogens with one attached hydrogen (secondary N) is 1. The van der Waals surface area contributed by atoms with Crippen molar-refractivity contribution in [1.82, 2.24) is 4.90 Å². The largest absolute Gasteiger partial charge is 0.328 e. The van der Waals surface area contributed by atoms with E-state index in [1.54, 1.807) is 24.3 Å². The fourth-order valence-electron chi connectivity index (χ4n) is 2.51. The number of nitriles is 1. The lowest BCUT2D eigenvalue weighted by Crippen LogP contribution is -2.34. The van der Waals surface area contributed by atoms with Crippen LogP contribution in [0.25, 0.3) is 0 Å². The summed E-state index contributed by atoms with van der Waals surface area (Å²) in [6.07, 6.45) is 1.05. The predicted molar refractivity (Wildman–Crippen MR) is 78.0 cm³/mol. The molecule has 0 spiro atoms. The number of amides is 1. The normalized spacial score (nSPS) is 20.4. The molecule has 20 heavy (non-hydrogen) atoms. The monoisotopic (exact) mass is 272 g/mol. The molecule has 0 aromatic heterocycles. The van der Waals surface area contributed by atoms with E-state index in [1.165, 1.54) is 0 Å². The van der Waals surface area contributed by atoms with Crippen LogP contribution in [0.2, 0.25) is 0 Å². The number of benzene rings is 1. The Labute approximate surface area is 119 Å². The van der Waals surface area contributed by atoms with Gasteiger partial charge in [0.05, 0.1) is 18.2 Å². The van der Waals surface area contributed by atoms with Crippen LogP contribution in [0.1, 0.15) is 18.9 Å². The maximum atomic E-state index is 12.0. The van der Waals surface area contributed by atoms with E-state index in [1.807, 2.05) is 6.92 Å². The summed E-state index contributed by atoms with van der Waals surface area (Å²) in [5.41, 5.74) is 7.09. The number of nitrogens with zero attached hydrogens (tertiary/aromatic N) is 2. The molecule has 2 rings (SSSR count). The van der Waals surface area contributed by atoms with E-state index < -0.39 is 0 Å². The zero-order valence-corrected chi connectivity index (χ0v) is 11.7. The third-order valence-corrected chi connectivity index (χ3v) is 3.70. The van der Waals surface area contributed by atoms with Crippen LogP contribution >= 0.6 is 0 Å². The lowest BCUT2D eigenvalue weighted by Gasteiger charge is -2.17. The summed E-state index contributed by atoms with van der Waals surface area (Å²) >= 11 is 0. The van der Waals surface area contributed by atoms with E-state index in [0.717, 1.165) is 19.5 Å². The Hall–Kier alpha value is -1.90. The van der Waals surface area contributed by atoms with Crippen molar-refractivity contribution in [1.29, 1.82) is 5.26 Å². The topological polar surface area (TPSA) is 82.2 Å². The first-order valence-corrected chi connectivity index (χ1v) is 6.86. The quantitative estimate of drug-likeness (QED) is 0.862. The molecule has 1 saturated heterocycles. The Bertz CT molecular complexity index is 521. The maximum Gasteiger partial charge on any atom is 0.238 e. The molecule has 5 heteroatoms. The first kappa shape index (κ1) is 14.5. The minimum atomic E-state index is -0.0505. The second-order valence-electron chi connectivity index (χ2n) is 5.38. The van der Waals surface area contributed by atoms with Gasteiger partial charge in [-0.15, -0.1) is 0 Å². The van der Waals surface area contributed by atoms with Gasteiger partial charge in [0.1, 0.15) is 0 Å². The van der Waals surface area contributed by atoms with Crippen LogP contribution in [0.5, 0.6) is 0 Å². The number of anilines is 1. The van der Waals surface area contributed by atoms with Crippen molar-refractivity contribution in [2.45, 2.75) is 19.4 Å². The zero-order valence-electron chi connectivity index (χ0n) is 11.7. The fraction of sp³-hybridized carbons (Fsp3) is 0.467. The van der Waals surface area contributed by atoms with Gasteiger partial charge in [-0.3, -0.25) is 9.69 Å². The number of rotatable bonds is 4. The SMILES string of the molecule is CC(N)C1CCN(CC(=O)Nc2cccc(C#N)c2)C1. The van der Waals surface area contributed by atoms with Crippen molar-refractivity contribution in [3.63, 3.8) is 0 Å². The molecule has 1 amide bonds. The summed E-state index contributed by atoms with van der Waals surface area (Å²) in [5, 5.41) is 11.6. The summed E-state index contributed by atoms with van der Waals surface area (Å²) in [4.78, 5) is 14.1. The maximum absolute atomic E-state index is 12.0. The van der Waals surface area contributed by atoms with Crippen molar-refractivity contribution in [2.75, 3.05) is 25.0 Å². The Balaban J connectivity index is 1.85. The molecular weight excluding hydrogens is 252 g/mol. The molecule has 0 bridgehead atoms. The van der Waals surface area contributed by atoms with Gasteiger partial charge >= 0.3 is 0 Å². The van der Waals surface area contributed by atoms with E-state index in [2.05, 4.69) is 16.3 Å². The fourth-order valence-corrected chi connectivity index (χ4v) is 2.51. The number of carbonyl (C=O) groups is 1. The number of carbonyl (C=O) groups excluding carboxylic acids is 1. The highest BCUT2D eigenvalue weighted by atomic mass is 16.2. The van der Waals surface area contributed by atoms with Gasteiger partial charge < -0.3 is 11.1 Å². The molecule has 0 saturated carbocycles. The highest BCUT2D eigenvalue weighted by Gasteiger charge is 2.26. The molecule has 1 fully saturated rings. The molecule has 5 nitrogen and oxygen atoms in total. The van der Waals surface area contributed by atoms with Crippen LogP contribution in [0.3, 0.4) is 0 Å². The van der Waals surface area contributed by atoms with Crippen molar-refractivity contribution in [3.05, 3.63) is 29.8 Å². The van der Waals surface area contributed by atoms with Crippen molar-refractivity contribution in [2.24, 2.45) is 11.7 Å². The predicted octanol–water partition coefficient (Wildman–Crippen LogP) is 1.17. The first-order valence-electron chi connectivity index (χ1n) is 6.86. The molecule has 3 N–H and O–H groups in total. The van der Waals surface area contributed by atoms with Crippen molar-refractivity contribution in [3.8, 4) is 6.07 Å². The summed E-state index contributed by atoms with van der Waals surface area (Å²) in [5.74, 6) is 0.426. The summed E-state index contributed by atoms with van der Waals surface area (Å²) in [6.45, 7) is 4.18. The van der Waals surface area contributed by atoms with E-state index in [0.29, 0.717) is 23.7 Å². The van der Waals surface area contributed by atoms with Gasteiger partial charge in [0.25, 0.3) is 0 Å². The van der Waals surface area contributed by atoms with E-state index in [-0.39, 0.29) is 11.9 Å². The Morgan fingerprint density at radius 1 is 1.65 bits per heavy atom. The molecule has 1 aliphatic heterocycles. The summed E-state index contributed by atoms with van der Waals surface area (Å²) in [6, 6.07) is 9.16. The zero-order chi connectivity index (χ0) is 14.5. The number of likely N-dealkylation sites (tertiary alicyclic amines) is 1. The van der Waals surface area contributed by atoms with Gasteiger partial charge in [-0.2, -0.15) is 5.26 Å². The lowest BCUT2D eigenvalue weighted by molar-refractivity contribution is -0.117. The molecule has 106 valence electrons. The minimum absolute atomic E-state index is 0.0505. The second-order valence-corrected chi connectivity index (χ2v) is 5.38. The molecule has 2 unspecified atom stereocenters. The van der Waals surface area contributed by atoms with Gasteiger partial charge in [-0.05, 0) is 44.0 Å². The highest BCUT2D eigenvalue weighted by molar-refractivity contribution is 5.92. The van der Waals surface area contributed by atoms with Gasteiger partial charge in [0.2, 0.25) is 5.91 Å². The van der Waals surface area contributed by atoms with Crippen LogP contribution < -0.4 is 11.1 Å². The van der Waals surface area contributed by atoms with Crippen LogP contribution in [0.4, 0.5) is 5.69 Å². The van der Waals surface area contributed by atoms with Gasteiger partial charge in [-0.1, -0.05) is 6.07 Å². The Morgan fingerprint density at radius 3 is 3.10 bits per heavy atom. The molecule has 0 radical (unpaired) electrons. The van der Waals surface area contributed by atoms with Gasteiger partial charge in [0, 0.05) is 18.3 Å². The summed E-state index contributed by atoms with van der Waals surface area (Å²) in [7, 11) is 0. The van der Waals surface area contributed by atoms with E-state index in [9.17, 15) is 4.79 Å². The molecule has 1 aromatic rings. The Morgan fingerprint density at radius 2 is 2.45 bits per heavy atom. The average molecular weight is 272 g/mol. The van der Waals surface area contributed by atoms with Crippen LogP contribution in [0.15, 0.2) is 24.3 Å². The second kappa shape index (κ2) is 6.51. The molecule has 0 aliphatic carbocycles. The van der Waals surface area contributed by atoms with Crippen LogP contribution in [0, 0.1) is 17.2 Å². The molecular formula is C15H20N4O. The van der Waals surface area contributed by atoms with Gasteiger partial charge in [-0.25, -0.2) is 0 Å². The van der Waals surface area contributed by atoms with Crippen LogP contribution in [-0.2, 0) is 4.79 Å². The molecule has 1 heterocycles. The van der Waals surface area contributed by atoms with Crippen LogP contribution in [-0.4, -0.2) is 36.5 Å². The summed E-state index contributed by atoms with van der Waals surface area (Å²) < 4.78 is 0. The van der Waals surface area contributed by atoms with Crippen molar-refractivity contribution < 1.29 is 4.79 Å². The van der Waals surface area contributed by atoms with Crippen molar-refractivity contribution >= 4 is 11.6 Å². The molecule has 1 aromatic carbocycles. The third kappa shape index (κ3) is 3.80. The lowest BCUT2D eigenvalue weighted by atomic mass is 10.0. The van der Waals surface area contributed by atoms with E-state index in [4.69, 9.17) is 11.0 Å². The highest BCUT2D eigenvalue weighted by Crippen LogP contribution is 2.18. The average Bonchev–Trinajstić information content (AvgIpc) is 2.87. The number of hydrogen-bond donors (Lipinski definition) is 2. The first-order chi connectivity index (χ1) is 9.58. The van der Waals surface area contributed by atoms with Gasteiger partial charge in [0.15, 0.2) is 0 Å². The number of hydrogen-bond acceptors (Lipinski definition) is 4. The van der Waals surface area contributed by atoms with E-state index >= 15 is 0 Å².